The number of carbonyl (C=O) groups is 1. The van der Waals surface area contributed by atoms with Gasteiger partial charge in [0.2, 0.25) is 11.9 Å². The van der Waals surface area contributed by atoms with Crippen LogP contribution in [0.2, 0.25) is 0 Å². The molecule has 1 aliphatic carbocycles. The van der Waals surface area contributed by atoms with Gasteiger partial charge in [0.15, 0.2) is 0 Å². The maximum absolute atomic E-state index is 12.5. The summed E-state index contributed by atoms with van der Waals surface area (Å²) in [7, 11) is 0. The van der Waals surface area contributed by atoms with Crippen LogP contribution in [0, 0.1) is 6.92 Å². The van der Waals surface area contributed by atoms with Crippen molar-refractivity contribution in [3.05, 3.63) is 57.0 Å². The minimum atomic E-state index is -0.159. The van der Waals surface area contributed by atoms with E-state index in [0.717, 1.165) is 12.8 Å². The quantitative estimate of drug-likeness (QED) is 0.821. The summed E-state index contributed by atoms with van der Waals surface area (Å²) < 4.78 is 5.34. The minimum absolute atomic E-state index is 0.0299. The number of aryl methyl sites for hydroxylation is 2. The zero-order valence-corrected chi connectivity index (χ0v) is 16.2. The van der Waals surface area contributed by atoms with E-state index in [-0.39, 0.29) is 23.9 Å². The number of amides is 1. The van der Waals surface area contributed by atoms with Crippen molar-refractivity contribution in [2.75, 3.05) is 31.2 Å². The topological polar surface area (TPSA) is 87.3 Å². The molecule has 4 rings (SSSR count). The normalized spacial score (nSPS) is 18.8. The SMILES string of the molecule is Cc1nc(N2CCOCC2)[nH]c(=O)c1CCC(=O)N[C@H]1CCc2ccccc21. The maximum Gasteiger partial charge on any atom is 0.255 e. The first-order valence-corrected chi connectivity index (χ1v) is 9.91. The summed E-state index contributed by atoms with van der Waals surface area (Å²) in [6.45, 7) is 4.53. The van der Waals surface area contributed by atoms with E-state index in [9.17, 15) is 9.59 Å². The van der Waals surface area contributed by atoms with Crippen LogP contribution in [0.5, 0.6) is 0 Å². The van der Waals surface area contributed by atoms with E-state index in [0.29, 0.717) is 49.9 Å². The predicted octanol–water partition coefficient (Wildman–Crippen LogP) is 1.65. The van der Waals surface area contributed by atoms with Crippen LogP contribution in [0.15, 0.2) is 29.1 Å². The Labute approximate surface area is 164 Å². The highest BCUT2D eigenvalue weighted by Crippen LogP contribution is 2.30. The van der Waals surface area contributed by atoms with Crippen LogP contribution < -0.4 is 15.8 Å². The monoisotopic (exact) mass is 382 g/mol. The van der Waals surface area contributed by atoms with Crippen molar-refractivity contribution in [1.29, 1.82) is 0 Å². The van der Waals surface area contributed by atoms with Gasteiger partial charge >= 0.3 is 0 Å². The van der Waals surface area contributed by atoms with Gasteiger partial charge in [-0.2, -0.15) is 0 Å². The lowest BCUT2D eigenvalue weighted by atomic mass is 10.1. The summed E-state index contributed by atoms with van der Waals surface area (Å²) in [6, 6.07) is 8.31. The molecule has 1 amide bonds. The van der Waals surface area contributed by atoms with Gasteiger partial charge in [-0.15, -0.1) is 0 Å². The van der Waals surface area contributed by atoms with Crippen LogP contribution in [0.25, 0.3) is 0 Å². The van der Waals surface area contributed by atoms with Crippen molar-refractivity contribution >= 4 is 11.9 Å². The molecule has 1 fully saturated rings. The molecular weight excluding hydrogens is 356 g/mol. The molecule has 28 heavy (non-hydrogen) atoms. The highest BCUT2D eigenvalue weighted by Gasteiger charge is 2.23. The van der Waals surface area contributed by atoms with Gasteiger partial charge in [0.05, 0.1) is 19.3 Å². The molecule has 0 radical (unpaired) electrons. The van der Waals surface area contributed by atoms with Crippen LogP contribution in [0.3, 0.4) is 0 Å². The lowest BCUT2D eigenvalue weighted by Gasteiger charge is -2.27. The minimum Gasteiger partial charge on any atom is -0.378 e. The second-order valence-electron chi connectivity index (χ2n) is 7.41. The summed E-state index contributed by atoms with van der Waals surface area (Å²) >= 11 is 0. The molecule has 7 nitrogen and oxygen atoms in total. The summed E-state index contributed by atoms with van der Waals surface area (Å²) in [5.74, 6) is 0.555. The Bertz CT molecular complexity index is 918. The standard InChI is InChI=1S/C21H26N4O3/c1-14-16(20(27)24-21(22-14)25-10-12-28-13-11-25)7-9-19(26)23-18-8-6-15-4-2-3-5-17(15)18/h2-5,18H,6-13H2,1H3,(H,23,26)(H,22,24,27)/t18-/m0/s1. The molecular formula is C21H26N4O3. The number of nitrogens with one attached hydrogen (secondary N) is 2. The molecule has 0 unspecified atom stereocenters. The number of H-pyrrole nitrogens is 1. The highest BCUT2D eigenvalue weighted by atomic mass is 16.5. The lowest BCUT2D eigenvalue weighted by molar-refractivity contribution is -0.121. The Morgan fingerprint density at radius 1 is 1.32 bits per heavy atom. The molecule has 1 aliphatic heterocycles. The number of hydrogen-bond donors (Lipinski definition) is 2. The molecule has 2 aliphatic rings. The van der Waals surface area contributed by atoms with Crippen molar-refractivity contribution in [2.24, 2.45) is 0 Å². The molecule has 0 bridgehead atoms. The Morgan fingerprint density at radius 2 is 2.11 bits per heavy atom. The molecule has 0 spiro atoms. The number of morpholine rings is 1. The van der Waals surface area contributed by atoms with Crippen LogP contribution in [-0.2, 0) is 22.4 Å². The van der Waals surface area contributed by atoms with Gasteiger partial charge in [0.25, 0.3) is 5.56 Å². The molecule has 0 saturated carbocycles. The number of anilines is 1. The lowest BCUT2D eigenvalue weighted by Crippen LogP contribution is -2.38. The number of aromatic nitrogens is 2. The van der Waals surface area contributed by atoms with Gasteiger partial charge in [-0.3, -0.25) is 14.6 Å². The first-order valence-electron chi connectivity index (χ1n) is 9.91. The number of rotatable bonds is 5. The van der Waals surface area contributed by atoms with E-state index in [1.807, 2.05) is 24.0 Å². The largest absolute Gasteiger partial charge is 0.378 e. The Balaban J connectivity index is 1.38. The number of nitrogens with zero attached hydrogens (tertiary/aromatic N) is 2. The third-order valence-electron chi connectivity index (χ3n) is 5.59. The Kier molecular flexibility index (Phi) is 5.43. The van der Waals surface area contributed by atoms with E-state index >= 15 is 0 Å². The van der Waals surface area contributed by atoms with Crippen LogP contribution in [-0.4, -0.2) is 42.2 Å². The molecule has 7 heteroatoms. The second-order valence-corrected chi connectivity index (χ2v) is 7.41. The summed E-state index contributed by atoms with van der Waals surface area (Å²) in [5, 5.41) is 3.11. The fourth-order valence-corrected chi connectivity index (χ4v) is 4.03. The van der Waals surface area contributed by atoms with Crippen LogP contribution in [0.1, 0.15) is 41.3 Å². The van der Waals surface area contributed by atoms with Gasteiger partial charge in [0, 0.05) is 30.8 Å². The number of benzene rings is 1. The molecule has 1 aromatic carbocycles. The number of carbonyl (C=O) groups excluding carboxylic acids is 1. The van der Waals surface area contributed by atoms with Crippen molar-refractivity contribution in [2.45, 2.75) is 38.6 Å². The average molecular weight is 382 g/mol. The van der Waals surface area contributed by atoms with E-state index in [2.05, 4.69) is 27.4 Å². The first kappa shape index (κ1) is 18.7. The summed E-state index contributed by atoms with van der Waals surface area (Å²) in [6.07, 6.45) is 2.59. The first-order chi connectivity index (χ1) is 13.6. The highest BCUT2D eigenvalue weighted by molar-refractivity contribution is 5.77. The number of fused-ring (bicyclic) bond motifs is 1. The molecule has 1 aromatic heterocycles. The molecule has 2 N–H and O–H groups in total. The fraction of sp³-hybridized carbons (Fsp3) is 0.476. The zero-order chi connectivity index (χ0) is 19.5. The van der Waals surface area contributed by atoms with E-state index < -0.39 is 0 Å². The van der Waals surface area contributed by atoms with E-state index in [4.69, 9.17) is 4.74 Å². The van der Waals surface area contributed by atoms with Crippen molar-refractivity contribution < 1.29 is 9.53 Å². The van der Waals surface area contributed by atoms with Crippen molar-refractivity contribution in [3.63, 3.8) is 0 Å². The summed E-state index contributed by atoms with van der Waals surface area (Å²) in [4.78, 5) is 34.4. The second kappa shape index (κ2) is 8.14. The molecule has 1 saturated heterocycles. The van der Waals surface area contributed by atoms with Gasteiger partial charge in [-0.05, 0) is 37.3 Å². The van der Waals surface area contributed by atoms with Crippen LogP contribution >= 0.6 is 0 Å². The molecule has 2 aromatic rings. The average Bonchev–Trinajstić information content (AvgIpc) is 3.11. The molecule has 1 atom stereocenters. The van der Waals surface area contributed by atoms with Gasteiger partial charge in [0.1, 0.15) is 0 Å². The smallest absolute Gasteiger partial charge is 0.255 e. The predicted molar refractivity (Wildman–Crippen MR) is 107 cm³/mol. The van der Waals surface area contributed by atoms with Crippen LogP contribution in [0.4, 0.5) is 5.95 Å². The van der Waals surface area contributed by atoms with E-state index in [1.165, 1.54) is 11.1 Å². The third kappa shape index (κ3) is 3.94. The van der Waals surface area contributed by atoms with Gasteiger partial charge in [-0.25, -0.2) is 4.98 Å². The summed E-state index contributed by atoms with van der Waals surface area (Å²) in [5.41, 5.74) is 3.63. The Morgan fingerprint density at radius 3 is 2.89 bits per heavy atom. The van der Waals surface area contributed by atoms with Gasteiger partial charge < -0.3 is 15.0 Å². The van der Waals surface area contributed by atoms with Crippen molar-refractivity contribution in [1.82, 2.24) is 15.3 Å². The fourth-order valence-electron chi connectivity index (χ4n) is 4.03. The third-order valence-corrected chi connectivity index (χ3v) is 5.59. The number of ether oxygens (including phenoxy) is 1. The molecule has 148 valence electrons. The Hall–Kier alpha value is -2.67. The van der Waals surface area contributed by atoms with Crippen molar-refractivity contribution in [3.8, 4) is 0 Å². The number of aromatic amines is 1. The molecule has 2 heterocycles. The maximum atomic E-state index is 12.5. The number of hydrogen-bond acceptors (Lipinski definition) is 5. The van der Waals surface area contributed by atoms with Gasteiger partial charge in [-0.1, -0.05) is 24.3 Å². The zero-order valence-electron chi connectivity index (χ0n) is 16.2. The van der Waals surface area contributed by atoms with E-state index in [1.54, 1.807) is 0 Å².